The number of carbonyl (C=O) groups is 1. The van der Waals surface area contributed by atoms with Crippen molar-refractivity contribution in [2.75, 3.05) is 5.73 Å². The summed E-state index contributed by atoms with van der Waals surface area (Å²) in [5.41, 5.74) is 4.54. The van der Waals surface area contributed by atoms with E-state index in [1.165, 1.54) is 13.0 Å². The van der Waals surface area contributed by atoms with Crippen molar-refractivity contribution < 1.29 is 18.7 Å². The van der Waals surface area contributed by atoms with Crippen LogP contribution in [-0.4, -0.2) is 10.9 Å². The second-order valence-electron chi connectivity index (χ2n) is 2.86. The Kier molecular flexibility index (Phi) is 2.69. The number of Topliss-reactive ketones (excluding diaryl/α,β-unsaturated/α-hetero) is 1. The zero-order valence-corrected chi connectivity index (χ0v) is 7.42. The third-order valence-electron chi connectivity index (χ3n) is 1.78. The first-order valence-corrected chi connectivity index (χ1v) is 3.85. The lowest BCUT2D eigenvalue weighted by atomic mass is 10.0. The number of phenols is 1. The number of hydrogen-bond donors (Lipinski definition) is 2. The van der Waals surface area contributed by atoms with Gasteiger partial charge in [-0.2, -0.15) is 0 Å². The van der Waals surface area contributed by atoms with Gasteiger partial charge < -0.3 is 10.8 Å². The molecule has 0 radical (unpaired) electrons. The van der Waals surface area contributed by atoms with Crippen LogP contribution in [0.1, 0.15) is 29.3 Å². The van der Waals surface area contributed by atoms with Crippen LogP contribution in [0.5, 0.6) is 5.75 Å². The molecule has 3 nitrogen and oxygen atoms in total. The van der Waals surface area contributed by atoms with Gasteiger partial charge in [-0.05, 0) is 19.1 Å². The van der Waals surface area contributed by atoms with Crippen molar-refractivity contribution in [3.8, 4) is 5.75 Å². The molecule has 0 aromatic heterocycles. The fourth-order valence-electron chi connectivity index (χ4n) is 1.11. The van der Waals surface area contributed by atoms with Crippen molar-refractivity contribution >= 4 is 11.5 Å². The highest BCUT2D eigenvalue weighted by atomic mass is 19.3. The molecule has 0 amide bonds. The molecule has 0 saturated heterocycles. The summed E-state index contributed by atoms with van der Waals surface area (Å²) in [6.45, 7) is 1.17. The highest BCUT2D eigenvalue weighted by Crippen LogP contribution is 2.33. The third-order valence-corrected chi connectivity index (χ3v) is 1.78. The largest absolute Gasteiger partial charge is 0.507 e. The van der Waals surface area contributed by atoms with Crippen LogP contribution in [0.3, 0.4) is 0 Å². The van der Waals surface area contributed by atoms with Crippen LogP contribution in [0.2, 0.25) is 0 Å². The minimum atomic E-state index is -2.85. The van der Waals surface area contributed by atoms with Gasteiger partial charge in [0.1, 0.15) is 5.75 Å². The maximum Gasteiger partial charge on any atom is 0.267 e. The van der Waals surface area contributed by atoms with Crippen LogP contribution >= 0.6 is 0 Å². The third kappa shape index (κ3) is 1.81. The molecule has 0 unspecified atom stereocenters. The number of rotatable bonds is 2. The second kappa shape index (κ2) is 3.61. The number of ketones is 1. The van der Waals surface area contributed by atoms with E-state index >= 15 is 0 Å². The number of halogens is 2. The minimum Gasteiger partial charge on any atom is -0.507 e. The molecular formula is C9H9F2NO2. The molecule has 0 bridgehead atoms. The lowest BCUT2D eigenvalue weighted by Gasteiger charge is -2.08. The smallest absolute Gasteiger partial charge is 0.267 e. The number of nitrogens with two attached hydrogens (primary N) is 1. The molecule has 0 fully saturated rings. The van der Waals surface area contributed by atoms with E-state index in [4.69, 9.17) is 5.73 Å². The van der Waals surface area contributed by atoms with E-state index in [2.05, 4.69) is 0 Å². The number of benzene rings is 1. The summed E-state index contributed by atoms with van der Waals surface area (Å²) in [5, 5.41) is 9.30. The topological polar surface area (TPSA) is 63.3 Å². The highest BCUT2D eigenvalue weighted by Gasteiger charge is 2.18. The van der Waals surface area contributed by atoms with E-state index in [0.29, 0.717) is 0 Å². The number of carbonyl (C=O) groups excluding carboxylic acids is 1. The van der Waals surface area contributed by atoms with Crippen molar-refractivity contribution in [3.63, 3.8) is 0 Å². The Morgan fingerprint density at radius 1 is 1.50 bits per heavy atom. The Morgan fingerprint density at radius 2 is 2.07 bits per heavy atom. The molecule has 14 heavy (non-hydrogen) atoms. The Hall–Kier alpha value is -1.65. The predicted molar refractivity (Wildman–Crippen MR) is 47.5 cm³/mol. The summed E-state index contributed by atoms with van der Waals surface area (Å²) in [6.07, 6.45) is -2.85. The SMILES string of the molecule is CC(=O)c1cc(N)cc(C(F)F)c1O. The van der Waals surface area contributed by atoms with Gasteiger partial charge >= 0.3 is 0 Å². The first-order valence-electron chi connectivity index (χ1n) is 3.85. The second-order valence-corrected chi connectivity index (χ2v) is 2.86. The summed E-state index contributed by atoms with van der Waals surface area (Å²) in [4.78, 5) is 10.9. The Bertz CT molecular complexity index is 377. The average molecular weight is 201 g/mol. The molecule has 0 heterocycles. The lowest BCUT2D eigenvalue weighted by Crippen LogP contribution is -1.99. The monoisotopic (exact) mass is 201 g/mol. The maximum absolute atomic E-state index is 12.3. The van der Waals surface area contributed by atoms with Crippen LogP contribution in [0, 0.1) is 0 Å². The molecule has 0 spiro atoms. The van der Waals surface area contributed by atoms with Gasteiger partial charge in [0, 0.05) is 5.69 Å². The van der Waals surface area contributed by atoms with Gasteiger partial charge in [0.05, 0.1) is 11.1 Å². The number of hydrogen-bond acceptors (Lipinski definition) is 3. The van der Waals surface area contributed by atoms with Gasteiger partial charge in [-0.15, -0.1) is 0 Å². The van der Waals surface area contributed by atoms with E-state index in [1.54, 1.807) is 0 Å². The number of aromatic hydroxyl groups is 1. The molecule has 1 aromatic rings. The molecule has 1 aromatic carbocycles. The van der Waals surface area contributed by atoms with Gasteiger partial charge in [-0.1, -0.05) is 0 Å². The molecule has 5 heteroatoms. The Balaban J connectivity index is 3.40. The van der Waals surface area contributed by atoms with E-state index in [1.807, 2.05) is 0 Å². The lowest BCUT2D eigenvalue weighted by molar-refractivity contribution is 0.101. The van der Waals surface area contributed by atoms with Crippen LogP contribution in [-0.2, 0) is 0 Å². The standard InChI is InChI=1S/C9H9F2NO2/c1-4(13)6-2-5(12)3-7(8(6)14)9(10)11/h2-3,9,14H,12H2,1H3. The van der Waals surface area contributed by atoms with Crippen LogP contribution < -0.4 is 5.73 Å². The van der Waals surface area contributed by atoms with Gasteiger partial charge in [-0.25, -0.2) is 8.78 Å². The number of phenolic OH excluding ortho intramolecular Hbond substituents is 1. The van der Waals surface area contributed by atoms with Crippen LogP contribution in [0.4, 0.5) is 14.5 Å². The fourth-order valence-corrected chi connectivity index (χ4v) is 1.11. The molecule has 76 valence electrons. The summed E-state index contributed by atoms with van der Waals surface area (Å²) in [5.74, 6) is -1.20. The van der Waals surface area contributed by atoms with E-state index in [0.717, 1.165) is 6.07 Å². The van der Waals surface area contributed by atoms with Gasteiger partial charge in [0.25, 0.3) is 6.43 Å². The van der Waals surface area contributed by atoms with Crippen molar-refractivity contribution in [2.24, 2.45) is 0 Å². The molecule has 0 aliphatic rings. The first-order chi connectivity index (χ1) is 6.43. The number of anilines is 1. The highest BCUT2D eigenvalue weighted by molar-refractivity contribution is 5.98. The predicted octanol–water partition coefficient (Wildman–Crippen LogP) is 2.11. The van der Waals surface area contributed by atoms with Crippen molar-refractivity contribution in [3.05, 3.63) is 23.3 Å². The molecule has 0 aliphatic carbocycles. The van der Waals surface area contributed by atoms with Crippen molar-refractivity contribution in [2.45, 2.75) is 13.3 Å². The Labute approximate surface area is 79.2 Å². The van der Waals surface area contributed by atoms with Gasteiger partial charge in [-0.3, -0.25) is 4.79 Å². The first kappa shape index (κ1) is 10.4. The van der Waals surface area contributed by atoms with Crippen LogP contribution in [0.15, 0.2) is 12.1 Å². The van der Waals surface area contributed by atoms with E-state index in [-0.39, 0.29) is 11.3 Å². The van der Waals surface area contributed by atoms with Crippen LogP contribution in [0.25, 0.3) is 0 Å². The zero-order valence-electron chi connectivity index (χ0n) is 7.42. The van der Waals surface area contributed by atoms with Crippen molar-refractivity contribution in [1.82, 2.24) is 0 Å². The maximum atomic E-state index is 12.3. The molecule has 0 atom stereocenters. The minimum absolute atomic E-state index is 0.0308. The molecule has 0 aliphatic heterocycles. The summed E-state index contributed by atoms with van der Waals surface area (Å²) in [6, 6.07) is 2.12. The molecular weight excluding hydrogens is 192 g/mol. The van der Waals surface area contributed by atoms with Gasteiger partial charge in [0.15, 0.2) is 5.78 Å². The number of nitrogen functional groups attached to an aromatic ring is 1. The summed E-state index contributed by atoms with van der Waals surface area (Å²) in [7, 11) is 0. The molecule has 1 rings (SSSR count). The molecule has 3 N–H and O–H groups in total. The normalized spacial score (nSPS) is 10.6. The number of alkyl halides is 2. The zero-order chi connectivity index (χ0) is 10.9. The fraction of sp³-hybridized carbons (Fsp3) is 0.222. The Morgan fingerprint density at radius 3 is 2.50 bits per heavy atom. The quantitative estimate of drug-likeness (QED) is 0.437. The summed E-state index contributed by atoms with van der Waals surface area (Å²) >= 11 is 0. The summed E-state index contributed by atoms with van der Waals surface area (Å²) < 4.78 is 24.6. The van der Waals surface area contributed by atoms with E-state index < -0.39 is 23.5 Å². The van der Waals surface area contributed by atoms with Crippen molar-refractivity contribution in [1.29, 1.82) is 0 Å². The van der Waals surface area contributed by atoms with E-state index in [9.17, 15) is 18.7 Å². The molecule has 0 saturated carbocycles. The average Bonchev–Trinajstić information content (AvgIpc) is 2.07. The van der Waals surface area contributed by atoms with Gasteiger partial charge in [0.2, 0.25) is 0 Å².